The van der Waals surface area contributed by atoms with Gasteiger partial charge in [0.05, 0.1) is 0 Å². The fourth-order valence-electron chi connectivity index (χ4n) is 1.98. The summed E-state index contributed by atoms with van der Waals surface area (Å²) in [5.74, 6) is 0.312. The highest BCUT2D eigenvalue weighted by molar-refractivity contribution is 7.80. The molecule has 1 unspecified atom stereocenters. The van der Waals surface area contributed by atoms with Gasteiger partial charge in [0.2, 0.25) is 0 Å². The minimum atomic E-state index is 0.165. The van der Waals surface area contributed by atoms with Gasteiger partial charge in [0.1, 0.15) is 5.75 Å². The predicted molar refractivity (Wildman–Crippen MR) is 74.7 cm³/mol. The number of thiol groups is 1. The Hall–Kier alpha value is -1.41. The van der Waals surface area contributed by atoms with Gasteiger partial charge in [0, 0.05) is 5.25 Å². The van der Waals surface area contributed by atoms with E-state index in [1.165, 1.54) is 11.1 Å². The number of phenolic OH excluding ortho intramolecular Hbond substituents is 1. The predicted octanol–water partition coefficient (Wildman–Crippen LogP) is 3.91. The summed E-state index contributed by atoms with van der Waals surface area (Å²) >= 11 is 4.65. The lowest BCUT2D eigenvalue weighted by Crippen LogP contribution is -1.98. The van der Waals surface area contributed by atoms with Crippen LogP contribution >= 0.6 is 12.6 Å². The Bertz CT molecular complexity index is 494. The third kappa shape index (κ3) is 3.04. The van der Waals surface area contributed by atoms with Crippen molar-refractivity contribution in [3.8, 4) is 5.75 Å². The highest BCUT2D eigenvalue weighted by atomic mass is 32.1. The van der Waals surface area contributed by atoms with E-state index in [2.05, 4.69) is 24.8 Å². The molecule has 1 N–H and O–H groups in total. The molecule has 0 saturated heterocycles. The van der Waals surface area contributed by atoms with Gasteiger partial charge in [-0.2, -0.15) is 12.6 Å². The first-order valence-electron chi connectivity index (χ1n) is 5.68. The van der Waals surface area contributed by atoms with E-state index in [9.17, 15) is 5.11 Å². The smallest absolute Gasteiger partial charge is 0.115 e. The van der Waals surface area contributed by atoms with E-state index in [-0.39, 0.29) is 5.25 Å². The fourth-order valence-corrected chi connectivity index (χ4v) is 2.48. The summed E-state index contributed by atoms with van der Waals surface area (Å²) in [7, 11) is 0. The molecule has 0 radical (unpaired) electrons. The average Bonchev–Trinajstić information content (AvgIpc) is 2.30. The van der Waals surface area contributed by atoms with Crippen LogP contribution in [0, 0.1) is 6.92 Å². The molecular formula is C15H16OS. The second-order valence-electron chi connectivity index (χ2n) is 4.25. The Morgan fingerprint density at radius 1 is 1.12 bits per heavy atom. The molecule has 2 rings (SSSR count). The zero-order valence-corrected chi connectivity index (χ0v) is 10.7. The Morgan fingerprint density at radius 3 is 2.47 bits per heavy atom. The highest BCUT2D eigenvalue weighted by Gasteiger charge is 2.10. The van der Waals surface area contributed by atoms with Gasteiger partial charge >= 0.3 is 0 Å². The Morgan fingerprint density at radius 2 is 1.82 bits per heavy atom. The summed E-state index contributed by atoms with van der Waals surface area (Å²) in [5.41, 5.74) is 3.54. The third-order valence-corrected chi connectivity index (χ3v) is 3.35. The fraction of sp³-hybridized carbons (Fsp3) is 0.200. The number of benzene rings is 2. The van der Waals surface area contributed by atoms with Crippen LogP contribution in [0.1, 0.15) is 21.9 Å². The van der Waals surface area contributed by atoms with Crippen molar-refractivity contribution < 1.29 is 5.11 Å². The van der Waals surface area contributed by atoms with E-state index in [1.807, 2.05) is 31.2 Å². The minimum Gasteiger partial charge on any atom is -0.508 e. The maximum absolute atomic E-state index is 9.38. The molecule has 0 heterocycles. The van der Waals surface area contributed by atoms with Crippen LogP contribution in [0.4, 0.5) is 0 Å². The summed E-state index contributed by atoms with van der Waals surface area (Å²) < 4.78 is 0. The molecule has 1 nitrogen and oxygen atoms in total. The van der Waals surface area contributed by atoms with Crippen LogP contribution in [0.3, 0.4) is 0 Å². The van der Waals surface area contributed by atoms with E-state index in [1.54, 1.807) is 12.1 Å². The molecule has 0 amide bonds. The molecule has 0 aliphatic rings. The SMILES string of the molecule is Cc1cc(O)ccc1C(S)Cc1ccccc1. The van der Waals surface area contributed by atoms with Crippen molar-refractivity contribution in [3.63, 3.8) is 0 Å². The molecule has 2 aromatic rings. The van der Waals surface area contributed by atoms with Crippen LogP contribution in [0.25, 0.3) is 0 Å². The quantitative estimate of drug-likeness (QED) is 0.784. The monoisotopic (exact) mass is 244 g/mol. The van der Waals surface area contributed by atoms with Crippen LogP contribution in [-0.4, -0.2) is 5.11 Å². The topological polar surface area (TPSA) is 20.2 Å². The van der Waals surface area contributed by atoms with Gasteiger partial charge in [-0.25, -0.2) is 0 Å². The van der Waals surface area contributed by atoms with Gasteiger partial charge in [-0.3, -0.25) is 0 Å². The minimum absolute atomic E-state index is 0.165. The van der Waals surface area contributed by atoms with Crippen molar-refractivity contribution in [1.82, 2.24) is 0 Å². The lowest BCUT2D eigenvalue weighted by Gasteiger charge is -2.14. The highest BCUT2D eigenvalue weighted by Crippen LogP contribution is 2.29. The lowest BCUT2D eigenvalue weighted by molar-refractivity contribution is 0.474. The van der Waals surface area contributed by atoms with Gasteiger partial charge in [-0.05, 0) is 42.2 Å². The van der Waals surface area contributed by atoms with E-state index >= 15 is 0 Å². The Labute approximate surface area is 108 Å². The van der Waals surface area contributed by atoms with Crippen LogP contribution in [0.15, 0.2) is 48.5 Å². The van der Waals surface area contributed by atoms with Gasteiger partial charge in [-0.15, -0.1) is 0 Å². The average molecular weight is 244 g/mol. The van der Waals surface area contributed by atoms with Crippen LogP contribution in [-0.2, 0) is 6.42 Å². The normalized spacial score (nSPS) is 12.4. The van der Waals surface area contributed by atoms with Crippen LogP contribution in [0.5, 0.6) is 5.75 Å². The Balaban J connectivity index is 2.17. The lowest BCUT2D eigenvalue weighted by atomic mass is 10.00. The molecule has 0 bridgehead atoms. The zero-order chi connectivity index (χ0) is 12.3. The van der Waals surface area contributed by atoms with E-state index in [4.69, 9.17) is 0 Å². The summed E-state index contributed by atoms with van der Waals surface area (Å²) in [6, 6.07) is 15.8. The molecular weight excluding hydrogens is 228 g/mol. The van der Waals surface area contributed by atoms with Crippen molar-refractivity contribution in [3.05, 3.63) is 65.2 Å². The number of aryl methyl sites for hydroxylation is 1. The first kappa shape index (κ1) is 12.1. The summed E-state index contributed by atoms with van der Waals surface area (Å²) in [6.07, 6.45) is 0.898. The van der Waals surface area contributed by atoms with Gasteiger partial charge in [-0.1, -0.05) is 36.4 Å². The van der Waals surface area contributed by atoms with Crippen molar-refractivity contribution >= 4 is 12.6 Å². The van der Waals surface area contributed by atoms with Gasteiger partial charge in [0.15, 0.2) is 0 Å². The second kappa shape index (κ2) is 5.28. The van der Waals surface area contributed by atoms with Gasteiger partial charge in [0.25, 0.3) is 0 Å². The molecule has 2 heteroatoms. The molecule has 0 aliphatic heterocycles. The molecule has 0 fully saturated rings. The number of rotatable bonds is 3. The standard InChI is InChI=1S/C15H16OS/c1-11-9-13(16)7-8-14(11)15(17)10-12-5-3-2-4-6-12/h2-9,15-17H,10H2,1H3. The maximum atomic E-state index is 9.38. The molecule has 0 aromatic heterocycles. The molecule has 1 atom stereocenters. The molecule has 88 valence electrons. The van der Waals surface area contributed by atoms with E-state index in [0.29, 0.717) is 5.75 Å². The molecule has 0 saturated carbocycles. The number of aromatic hydroxyl groups is 1. The zero-order valence-electron chi connectivity index (χ0n) is 9.80. The maximum Gasteiger partial charge on any atom is 0.115 e. The summed E-state index contributed by atoms with van der Waals surface area (Å²) in [6.45, 7) is 2.00. The summed E-state index contributed by atoms with van der Waals surface area (Å²) in [4.78, 5) is 0. The first-order valence-corrected chi connectivity index (χ1v) is 6.20. The number of hydrogen-bond acceptors (Lipinski definition) is 2. The number of hydrogen-bond donors (Lipinski definition) is 2. The Kier molecular flexibility index (Phi) is 3.75. The van der Waals surface area contributed by atoms with Crippen molar-refractivity contribution in [2.24, 2.45) is 0 Å². The molecule has 2 aromatic carbocycles. The van der Waals surface area contributed by atoms with Crippen molar-refractivity contribution in [1.29, 1.82) is 0 Å². The largest absolute Gasteiger partial charge is 0.508 e. The molecule has 0 spiro atoms. The first-order chi connectivity index (χ1) is 8.16. The van der Waals surface area contributed by atoms with Gasteiger partial charge < -0.3 is 5.11 Å². The number of phenols is 1. The van der Waals surface area contributed by atoms with Crippen LogP contribution < -0.4 is 0 Å². The third-order valence-electron chi connectivity index (χ3n) is 2.88. The van der Waals surface area contributed by atoms with Crippen LogP contribution in [0.2, 0.25) is 0 Å². The molecule has 17 heavy (non-hydrogen) atoms. The van der Waals surface area contributed by atoms with Crippen molar-refractivity contribution in [2.75, 3.05) is 0 Å². The summed E-state index contributed by atoms with van der Waals surface area (Å²) in [5, 5.41) is 9.55. The van der Waals surface area contributed by atoms with E-state index < -0.39 is 0 Å². The van der Waals surface area contributed by atoms with E-state index in [0.717, 1.165) is 12.0 Å². The van der Waals surface area contributed by atoms with Crippen molar-refractivity contribution in [2.45, 2.75) is 18.6 Å². The second-order valence-corrected chi connectivity index (χ2v) is 4.87. The molecule has 0 aliphatic carbocycles.